The topological polar surface area (TPSA) is 0 Å². The van der Waals surface area contributed by atoms with Gasteiger partial charge in [-0.1, -0.05) is 126 Å². The van der Waals surface area contributed by atoms with Crippen LogP contribution < -0.4 is 0 Å². The minimum atomic E-state index is 1.07. The molecule has 0 unspecified atom stereocenters. The predicted octanol–water partition coefficient (Wildman–Crippen LogP) is 11.2. The first-order valence-electron chi connectivity index (χ1n) is 13.5. The molecule has 6 rings (SSSR count). The Balaban J connectivity index is 1.41. The summed E-state index contributed by atoms with van der Waals surface area (Å²) in [5.74, 6) is 0. The third-order valence-electron chi connectivity index (χ3n) is 7.51. The van der Waals surface area contributed by atoms with Gasteiger partial charge in [-0.15, -0.1) is 0 Å². The van der Waals surface area contributed by atoms with Crippen LogP contribution in [-0.4, -0.2) is 0 Å². The van der Waals surface area contributed by atoms with Gasteiger partial charge in [0.1, 0.15) is 0 Å². The lowest BCUT2D eigenvalue weighted by molar-refractivity contribution is 0.924. The molecule has 0 saturated carbocycles. The Kier molecular flexibility index (Phi) is 6.87. The Bertz CT molecular complexity index is 1660. The Morgan fingerprint density at radius 3 is 2.05 bits per heavy atom. The number of aryl methyl sites for hydroxylation is 2. The third kappa shape index (κ3) is 4.91. The van der Waals surface area contributed by atoms with Gasteiger partial charge in [-0.25, -0.2) is 0 Å². The maximum atomic E-state index is 3.83. The Morgan fingerprint density at radius 2 is 1.29 bits per heavy atom. The molecule has 1 aliphatic rings. The second-order valence-electron chi connectivity index (χ2n) is 10.2. The van der Waals surface area contributed by atoms with E-state index in [0.29, 0.717) is 0 Å². The van der Waals surface area contributed by atoms with Gasteiger partial charge in [-0.2, -0.15) is 0 Å². The number of rotatable bonds is 7. The number of halogens is 1. The van der Waals surface area contributed by atoms with Crippen LogP contribution in [0.5, 0.6) is 0 Å². The van der Waals surface area contributed by atoms with E-state index in [-0.39, 0.29) is 0 Å². The Labute approximate surface area is 234 Å². The van der Waals surface area contributed by atoms with Crippen LogP contribution in [0.3, 0.4) is 0 Å². The maximum absolute atomic E-state index is 3.83. The van der Waals surface area contributed by atoms with E-state index in [0.717, 1.165) is 23.7 Å². The van der Waals surface area contributed by atoms with Crippen LogP contribution in [0, 0.1) is 6.92 Å². The average molecular weight is 556 g/mol. The summed E-state index contributed by atoms with van der Waals surface area (Å²) in [6.45, 7) is 4.49. The van der Waals surface area contributed by atoms with Crippen molar-refractivity contribution in [3.63, 3.8) is 0 Å². The first-order chi connectivity index (χ1) is 18.6. The Hall–Kier alpha value is -3.68. The van der Waals surface area contributed by atoms with Gasteiger partial charge >= 0.3 is 0 Å². The van der Waals surface area contributed by atoms with Crippen molar-refractivity contribution < 1.29 is 0 Å². The van der Waals surface area contributed by atoms with E-state index in [4.69, 9.17) is 0 Å². The first-order valence-corrected chi connectivity index (χ1v) is 14.3. The molecule has 0 aliphatic heterocycles. The van der Waals surface area contributed by atoms with Gasteiger partial charge in [-0.3, -0.25) is 0 Å². The third-order valence-corrected chi connectivity index (χ3v) is 8.17. The fourth-order valence-corrected chi connectivity index (χ4v) is 6.05. The molecular weight excluding hydrogens is 524 g/mol. The van der Waals surface area contributed by atoms with Crippen LogP contribution in [0.2, 0.25) is 0 Å². The molecular formula is C37H31Br. The van der Waals surface area contributed by atoms with E-state index in [1.165, 1.54) is 66.8 Å². The predicted molar refractivity (Wildman–Crippen MR) is 167 cm³/mol. The van der Waals surface area contributed by atoms with E-state index in [2.05, 4.69) is 145 Å². The monoisotopic (exact) mass is 554 g/mol. The molecule has 5 aromatic rings. The molecule has 0 atom stereocenters. The molecule has 0 spiro atoms. The summed E-state index contributed by atoms with van der Waals surface area (Å²) >= 11 is 3.83. The van der Waals surface area contributed by atoms with Crippen LogP contribution in [0.4, 0.5) is 0 Å². The zero-order valence-corrected chi connectivity index (χ0v) is 23.6. The fourth-order valence-electron chi connectivity index (χ4n) is 5.47. The lowest BCUT2D eigenvalue weighted by Gasteiger charge is -2.16. The van der Waals surface area contributed by atoms with Crippen molar-refractivity contribution in [1.29, 1.82) is 0 Å². The molecule has 0 amide bonds. The van der Waals surface area contributed by atoms with E-state index >= 15 is 0 Å². The van der Waals surface area contributed by atoms with Crippen molar-refractivity contribution >= 4 is 21.5 Å². The van der Waals surface area contributed by atoms with E-state index in [1.807, 2.05) is 0 Å². The van der Waals surface area contributed by atoms with Crippen molar-refractivity contribution in [3.8, 4) is 44.5 Å². The largest absolute Gasteiger partial charge is 0.0760 e. The quantitative estimate of drug-likeness (QED) is 0.187. The normalized spacial score (nSPS) is 12.3. The number of hydrogen-bond acceptors (Lipinski definition) is 0. The van der Waals surface area contributed by atoms with Gasteiger partial charge in [0.15, 0.2) is 0 Å². The zero-order valence-electron chi connectivity index (χ0n) is 22.0. The molecule has 0 heterocycles. The lowest BCUT2D eigenvalue weighted by atomic mass is 9.89. The molecule has 0 bridgehead atoms. The van der Waals surface area contributed by atoms with Crippen LogP contribution in [0.15, 0.2) is 120 Å². The summed E-state index contributed by atoms with van der Waals surface area (Å²) < 4.78 is 1.16. The van der Waals surface area contributed by atoms with Crippen molar-refractivity contribution in [2.75, 3.05) is 0 Å². The van der Waals surface area contributed by atoms with Gasteiger partial charge in [0, 0.05) is 10.0 Å². The molecule has 0 fully saturated rings. The smallest absolute Gasteiger partial charge is 0.0259 e. The minimum Gasteiger partial charge on any atom is -0.0760 e. The van der Waals surface area contributed by atoms with Crippen molar-refractivity contribution in [1.82, 2.24) is 0 Å². The highest BCUT2D eigenvalue weighted by atomic mass is 79.9. The zero-order chi connectivity index (χ0) is 26.1. The molecule has 38 heavy (non-hydrogen) atoms. The van der Waals surface area contributed by atoms with Gasteiger partial charge < -0.3 is 0 Å². The molecule has 0 radical (unpaired) electrons. The number of benzene rings is 5. The van der Waals surface area contributed by atoms with Crippen LogP contribution in [-0.2, 0) is 6.42 Å². The second-order valence-corrected chi connectivity index (χ2v) is 11.0. The van der Waals surface area contributed by atoms with E-state index in [1.54, 1.807) is 0 Å². The number of allylic oxidation sites excluding steroid dienone is 2. The molecule has 0 saturated heterocycles. The summed E-state index contributed by atoms with van der Waals surface area (Å²) in [5, 5.41) is 0. The molecule has 186 valence electrons. The highest BCUT2D eigenvalue weighted by Crippen LogP contribution is 2.43. The summed E-state index contributed by atoms with van der Waals surface area (Å²) in [6, 6.07) is 40.1. The molecule has 0 aromatic heterocycles. The summed E-state index contributed by atoms with van der Waals surface area (Å²) in [4.78, 5) is 0. The molecule has 0 N–H and O–H groups in total. The fraction of sp³-hybridized carbons (Fsp3) is 0.135. The summed E-state index contributed by atoms with van der Waals surface area (Å²) in [7, 11) is 0. The first kappa shape index (κ1) is 24.6. The van der Waals surface area contributed by atoms with Crippen LogP contribution in [0.1, 0.15) is 36.5 Å². The standard InChI is InChI=1S/C37H31Br/c1-3-9-27-18-19-31(24-35(27)32-13-7-12-29(23-32)26-10-5-4-6-11-26)30-20-21-33(25(2)22-30)37-34(28-16-17-28)14-8-15-36(37)38/h4-8,10-16,18-24H,3,9,17H2,1-2H3. The van der Waals surface area contributed by atoms with Crippen LogP contribution in [0.25, 0.3) is 50.1 Å². The van der Waals surface area contributed by atoms with E-state index in [9.17, 15) is 0 Å². The van der Waals surface area contributed by atoms with Crippen molar-refractivity contribution in [2.45, 2.75) is 33.1 Å². The number of hydrogen-bond donors (Lipinski definition) is 0. The van der Waals surface area contributed by atoms with Gasteiger partial charge in [0.2, 0.25) is 0 Å². The molecule has 1 heteroatoms. The van der Waals surface area contributed by atoms with Gasteiger partial charge in [0.25, 0.3) is 0 Å². The molecule has 0 nitrogen and oxygen atoms in total. The highest BCUT2D eigenvalue weighted by Gasteiger charge is 2.19. The van der Waals surface area contributed by atoms with Gasteiger partial charge in [-0.05, 0) is 99.2 Å². The maximum Gasteiger partial charge on any atom is 0.0259 e. The average Bonchev–Trinajstić information content (AvgIpc) is 3.80. The Morgan fingerprint density at radius 1 is 0.605 bits per heavy atom. The summed E-state index contributed by atoms with van der Waals surface area (Å²) in [5.41, 5.74) is 15.7. The summed E-state index contributed by atoms with van der Waals surface area (Å²) in [6.07, 6.45) is 5.60. The highest BCUT2D eigenvalue weighted by molar-refractivity contribution is 9.10. The van der Waals surface area contributed by atoms with Crippen molar-refractivity contribution in [2.24, 2.45) is 0 Å². The minimum absolute atomic E-state index is 1.07. The van der Waals surface area contributed by atoms with Crippen molar-refractivity contribution in [3.05, 3.63) is 136 Å². The molecule has 1 aliphatic carbocycles. The molecule has 5 aromatic carbocycles. The second kappa shape index (κ2) is 10.6. The van der Waals surface area contributed by atoms with E-state index < -0.39 is 0 Å². The van der Waals surface area contributed by atoms with Crippen LogP contribution >= 0.6 is 15.9 Å². The lowest BCUT2D eigenvalue weighted by Crippen LogP contribution is -1.93. The SMILES string of the molecule is CCCc1ccc(-c2ccc(-c3c(Br)cccc3C3=CC3)c(C)c2)cc1-c1cccc(-c2ccccc2)c1. The van der Waals surface area contributed by atoms with Gasteiger partial charge in [0.05, 0.1) is 0 Å².